The van der Waals surface area contributed by atoms with Gasteiger partial charge in [0, 0.05) is 0 Å². The van der Waals surface area contributed by atoms with Crippen LogP contribution in [0.15, 0.2) is 78.9 Å². The number of carbonyl (C=O) groups is 2. The molecule has 0 radical (unpaired) electrons. The number of hydrogen-bond donors (Lipinski definition) is 0. The zero-order chi connectivity index (χ0) is 22.3. The van der Waals surface area contributed by atoms with Crippen LogP contribution >= 0.6 is 0 Å². The van der Waals surface area contributed by atoms with Crippen LogP contribution in [-0.2, 0) is 10.2 Å². The van der Waals surface area contributed by atoms with Gasteiger partial charge < -0.3 is 14.2 Å². The summed E-state index contributed by atoms with van der Waals surface area (Å²) in [6, 6.07) is 23.0. The van der Waals surface area contributed by atoms with E-state index < -0.39 is 11.9 Å². The zero-order valence-electron chi connectivity index (χ0n) is 18.0. The molecule has 0 aromatic heterocycles. The van der Waals surface area contributed by atoms with Crippen molar-refractivity contribution in [3.05, 3.63) is 95.6 Å². The number of esters is 2. The lowest BCUT2D eigenvalue weighted by atomic mass is 9.87. The first-order chi connectivity index (χ1) is 14.8. The lowest BCUT2D eigenvalue weighted by Gasteiger charge is -2.18. The predicted molar refractivity (Wildman–Crippen MR) is 119 cm³/mol. The molecular weight excluding hydrogens is 392 g/mol. The van der Waals surface area contributed by atoms with Gasteiger partial charge in [0.25, 0.3) is 0 Å². The second-order valence-corrected chi connectivity index (χ2v) is 8.04. The SMILES string of the molecule is CC(C)(C)c1ccc(C(=O)Oc2cccc(C(=O)OCCOc3ccccc3)c2)cc1. The van der Waals surface area contributed by atoms with E-state index in [1.807, 2.05) is 42.5 Å². The fourth-order valence-electron chi connectivity index (χ4n) is 2.85. The van der Waals surface area contributed by atoms with Crippen LogP contribution in [0.4, 0.5) is 0 Å². The van der Waals surface area contributed by atoms with E-state index in [9.17, 15) is 9.59 Å². The summed E-state index contributed by atoms with van der Waals surface area (Å²) in [7, 11) is 0. The van der Waals surface area contributed by atoms with E-state index in [1.54, 1.807) is 30.3 Å². The fourth-order valence-corrected chi connectivity index (χ4v) is 2.85. The van der Waals surface area contributed by atoms with Crippen LogP contribution in [0.25, 0.3) is 0 Å². The highest BCUT2D eigenvalue weighted by molar-refractivity contribution is 5.92. The number of ether oxygens (including phenoxy) is 3. The molecule has 0 aliphatic rings. The first kappa shape index (κ1) is 22.1. The van der Waals surface area contributed by atoms with Crippen LogP contribution in [0.2, 0.25) is 0 Å². The van der Waals surface area contributed by atoms with Crippen molar-refractivity contribution >= 4 is 11.9 Å². The van der Waals surface area contributed by atoms with Gasteiger partial charge in [0.1, 0.15) is 24.7 Å². The largest absolute Gasteiger partial charge is 0.490 e. The number of rotatable bonds is 7. The Balaban J connectivity index is 1.54. The van der Waals surface area contributed by atoms with Crippen molar-refractivity contribution in [2.45, 2.75) is 26.2 Å². The highest BCUT2D eigenvalue weighted by Gasteiger charge is 2.16. The molecular formula is C26H26O5. The molecule has 0 amide bonds. The minimum absolute atomic E-state index is 0.00324. The number of hydrogen-bond acceptors (Lipinski definition) is 5. The van der Waals surface area contributed by atoms with E-state index in [1.165, 1.54) is 6.07 Å². The average molecular weight is 418 g/mol. The number of carbonyl (C=O) groups excluding carboxylic acids is 2. The van der Waals surface area contributed by atoms with Gasteiger partial charge in [-0.1, -0.05) is 57.2 Å². The first-order valence-corrected chi connectivity index (χ1v) is 10.1. The third-order valence-electron chi connectivity index (χ3n) is 4.60. The first-order valence-electron chi connectivity index (χ1n) is 10.1. The van der Waals surface area contributed by atoms with Crippen molar-refractivity contribution in [2.24, 2.45) is 0 Å². The third-order valence-corrected chi connectivity index (χ3v) is 4.60. The highest BCUT2D eigenvalue weighted by Crippen LogP contribution is 2.23. The van der Waals surface area contributed by atoms with Gasteiger partial charge in [0.05, 0.1) is 11.1 Å². The number of benzene rings is 3. The Hall–Kier alpha value is -3.60. The summed E-state index contributed by atoms with van der Waals surface area (Å²) >= 11 is 0. The summed E-state index contributed by atoms with van der Waals surface area (Å²) in [6.45, 7) is 6.68. The summed E-state index contributed by atoms with van der Waals surface area (Å²) < 4.78 is 16.2. The Bertz CT molecular complexity index is 1020. The molecule has 5 nitrogen and oxygen atoms in total. The van der Waals surface area contributed by atoms with Gasteiger partial charge in [-0.3, -0.25) is 0 Å². The molecule has 3 aromatic rings. The van der Waals surface area contributed by atoms with Gasteiger partial charge in [-0.05, 0) is 53.4 Å². The Morgan fingerprint density at radius 1 is 0.710 bits per heavy atom. The normalized spacial score (nSPS) is 10.9. The van der Waals surface area contributed by atoms with Gasteiger partial charge in [-0.15, -0.1) is 0 Å². The summed E-state index contributed by atoms with van der Waals surface area (Å²) in [5.41, 5.74) is 1.88. The lowest BCUT2D eigenvalue weighted by molar-refractivity contribution is 0.0449. The van der Waals surface area contributed by atoms with Crippen molar-refractivity contribution in [3.63, 3.8) is 0 Å². The van der Waals surface area contributed by atoms with E-state index in [2.05, 4.69) is 20.8 Å². The molecule has 0 aliphatic heterocycles. The quantitative estimate of drug-likeness (QED) is 0.290. The molecule has 0 unspecified atom stereocenters. The van der Waals surface area contributed by atoms with Crippen LogP contribution in [-0.4, -0.2) is 25.2 Å². The van der Waals surface area contributed by atoms with Gasteiger partial charge in [0.15, 0.2) is 0 Å². The monoisotopic (exact) mass is 418 g/mol. The van der Waals surface area contributed by atoms with Gasteiger partial charge in [-0.25, -0.2) is 9.59 Å². The highest BCUT2D eigenvalue weighted by atomic mass is 16.6. The van der Waals surface area contributed by atoms with Crippen molar-refractivity contribution in [3.8, 4) is 11.5 Å². The standard InChI is InChI=1S/C26H26O5/c1-26(2,3)21-14-12-19(13-15-21)25(28)31-23-11-7-8-20(18-23)24(27)30-17-16-29-22-9-5-4-6-10-22/h4-15,18H,16-17H2,1-3H3. The van der Waals surface area contributed by atoms with Gasteiger partial charge in [-0.2, -0.15) is 0 Å². The van der Waals surface area contributed by atoms with Crippen LogP contribution in [0, 0.1) is 0 Å². The van der Waals surface area contributed by atoms with Gasteiger partial charge >= 0.3 is 11.9 Å². The summed E-state index contributed by atoms with van der Waals surface area (Å²) in [6.07, 6.45) is 0. The van der Waals surface area contributed by atoms with Gasteiger partial charge in [0.2, 0.25) is 0 Å². The molecule has 0 saturated carbocycles. The lowest BCUT2D eigenvalue weighted by Crippen LogP contribution is -2.14. The molecule has 0 spiro atoms. The molecule has 5 heteroatoms. The maximum Gasteiger partial charge on any atom is 0.343 e. The number of para-hydroxylation sites is 1. The fraction of sp³-hybridized carbons (Fsp3) is 0.231. The topological polar surface area (TPSA) is 61.8 Å². The zero-order valence-corrected chi connectivity index (χ0v) is 18.0. The van der Waals surface area contributed by atoms with Crippen molar-refractivity contribution in [2.75, 3.05) is 13.2 Å². The van der Waals surface area contributed by atoms with Crippen LogP contribution in [0.1, 0.15) is 47.1 Å². The predicted octanol–water partition coefficient (Wildman–Crippen LogP) is 5.44. The van der Waals surface area contributed by atoms with E-state index in [4.69, 9.17) is 14.2 Å². The average Bonchev–Trinajstić information content (AvgIpc) is 2.77. The van der Waals surface area contributed by atoms with Crippen molar-refractivity contribution in [1.82, 2.24) is 0 Å². The Morgan fingerprint density at radius 2 is 1.39 bits per heavy atom. The Morgan fingerprint density at radius 3 is 2.06 bits per heavy atom. The summed E-state index contributed by atoms with van der Waals surface area (Å²) in [5, 5.41) is 0. The van der Waals surface area contributed by atoms with Crippen LogP contribution < -0.4 is 9.47 Å². The Labute approximate surface area is 182 Å². The molecule has 0 atom stereocenters. The second-order valence-electron chi connectivity index (χ2n) is 8.04. The van der Waals surface area contributed by atoms with Crippen LogP contribution in [0.3, 0.4) is 0 Å². The summed E-state index contributed by atoms with van der Waals surface area (Å²) in [4.78, 5) is 24.7. The van der Waals surface area contributed by atoms with Crippen LogP contribution in [0.5, 0.6) is 11.5 Å². The maximum atomic E-state index is 12.4. The third kappa shape index (κ3) is 6.44. The molecule has 0 fully saturated rings. The second kappa shape index (κ2) is 9.94. The van der Waals surface area contributed by atoms with E-state index in [0.717, 1.165) is 5.56 Å². The molecule has 0 saturated heterocycles. The maximum absolute atomic E-state index is 12.4. The molecule has 3 aromatic carbocycles. The van der Waals surface area contributed by atoms with E-state index in [-0.39, 0.29) is 24.4 Å². The molecule has 31 heavy (non-hydrogen) atoms. The summed E-state index contributed by atoms with van der Waals surface area (Å²) in [5.74, 6) is -0.00537. The molecule has 0 N–H and O–H groups in total. The minimum Gasteiger partial charge on any atom is -0.490 e. The Kier molecular flexibility index (Phi) is 7.08. The van der Waals surface area contributed by atoms with Crippen molar-refractivity contribution in [1.29, 1.82) is 0 Å². The van der Waals surface area contributed by atoms with Crippen molar-refractivity contribution < 1.29 is 23.8 Å². The smallest absolute Gasteiger partial charge is 0.343 e. The molecule has 0 bridgehead atoms. The van der Waals surface area contributed by atoms with E-state index in [0.29, 0.717) is 16.9 Å². The molecule has 160 valence electrons. The molecule has 0 aliphatic carbocycles. The van der Waals surface area contributed by atoms with E-state index >= 15 is 0 Å². The minimum atomic E-state index is -0.510. The molecule has 3 rings (SSSR count). The molecule has 0 heterocycles.